The lowest BCUT2D eigenvalue weighted by molar-refractivity contribution is 0.00644. The minimum absolute atomic E-state index is 0.0705. The predicted octanol–water partition coefficient (Wildman–Crippen LogP) is 4.43. The molecule has 0 bridgehead atoms. The summed E-state index contributed by atoms with van der Waals surface area (Å²) in [5.41, 5.74) is 0.0576. The van der Waals surface area contributed by atoms with Crippen molar-refractivity contribution in [1.82, 2.24) is 4.90 Å². The maximum atomic E-state index is 14.6. The molecule has 7 heteroatoms. The van der Waals surface area contributed by atoms with E-state index < -0.39 is 23.5 Å². The lowest BCUT2D eigenvalue weighted by Gasteiger charge is -2.30. The zero-order valence-electron chi connectivity index (χ0n) is 16.7. The molecule has 1 N–H and O–H groups in total. The van der Waals surface area contributed by atoms with E-state index in [4.69, 9.17) is 14.6 Å². The third-order valence-corrected chi connectivity index (χ3v) is 5.00. The number of carbonyl (C=O) groups is 2. The van der Waals surface area contributed by atoms with Crippen LogP contribution < -0.4 is 4.74 Å². The Kier molecular flexibility index (Phi) is 5.82. The van der Waals surface area contributed by atoms with Crippen LogP contribution in [-0.2, 0) is 4.74 Å². The van der Waals surface area contributed by atoms with Gasteiger partial charge in [0.25, 0.3) is 0 Å². The summed E-state index contributed by atoms with van der Waals surface area (Å²) in [6, 6.07) is 2.82. The number of rotatable bonds is 5. The van der Waals surface area contributed by atoms with E-state index in [1.807, 2.05) is 0 Å². The van der Waals surface area contributed by atoms with Crippen molar-refractivity contribution in [2.24, 2.45) is 5.92 Å². The van der Waals surface area contributed by atoms with Gasteiger partial charge in [0.2, 0.25) is 0 Å². The number of piperidine rings is 1. The highest BCUT2D eigenvalue weighted by atomic mass is 19.1. The highest BCUT2D eigenvalue weighted by Crippen LogP contribution is 2.45. The first kappa shape index (κ1) is 20.4. The number of amides is 1. The van der Waals surface area contributed by atoms with E-state index in [2.05, 4.69) is 0 Å². The smallest absolute Gasteiger partial charge is 0.407 e. The van der Waals surface area contributed by atoms with E-state index >= 15 is 0 Å². The Morgan fingerprint density at radius 3 is 2.57 bits per heavy atom. The Balaban J connectivity index is 1.73. The van der Waals surface area contributed by atoms with Crippen molar-refractivity contribution in [1.29, 1.82) is 0 Å². The second-order valence-corrected chi connectivity index (χ2v) is 8.69. The second kappa shape index (κ2) is 7.97. The molecule has 1 aliphatic heterocycles. The number of carboxylic acid groups (broad SMARTS) is 1. The third-order valence-electron chi connectivity index (χ3n) is 5.00. The second-order valence-electron chi connectivity index (χ2n) is 8.69. The summed E-state index contributed by atoms with van der Waals surface area (Å²) in [4.78, 5) is 24.9. The molecular weight excluding hydrogens is 365 g/mol. The number of benzene rings is 1. The van der Waals surface area contributed by atoms with Crippen molar-refractivity contribution in [3.63, 3.8) is 0 Å². The van der Waals surface area contributed by atoms with Crippen LogP contribution in [0.4, 0.5) is 9.18 Å². The maximum absolute atomic E-state index is 14.6. The van der Waals surface area contributed by atoms with Crippen LogP contribution in [0.25, 0.3) is 0 Å². The molecule has 1 saturated carbocycles. The first-order valence-electron chi connectivity index (χ1n) is 9.81. The van der Waals surface area contributed by atoms with Gasteiger partial charge in [-0.2, -0.15) is 0 Å². The summed E-state index contributed by atoms with van der Waals surface area (Å²) < 4.78 is 25.8. The van der Waals surface area contributed by atoms with Gasteiger partial charge in [0.05, 0.1) is 12.2 Å². The van der Waals surface area contributed by atoms with E-state index in [-0.39, 0.29) is 17.4 Å². The zero-order valence-corrected chi connectivity index (χ0v) is 16.7. The van der Waals surface area contributed by atoms with Crippen molar-refractivity contribution in [3.8, 4) is 5.75 Å². The van der Waals surface area contributed by atoms with E-state index in [0.29, 0.717) is 25.4 Å². The van der Waals surface area contributed by atoms with Crippen molar-refractivity contribution < 1.29 is 28.6 Å². The number of hydrogen-bond donors (Lipinski definition) is 1. The highest BCUT2D eigenvalue weighted by Gasteiger charge is 2.31. The lowest BCUT2D eigenvalue weighted by atomic mass is 9.99. The molecule has 154 valence electrons. The van der Waals surface area contributed by atoms with Crippen LogP contribution in [0.15, 0.2) is 12.1 Å². The number of halogens is 1. The molecule has 3 rings (SSSR count). The number of esters is 1. The summed E-state index contributed by atoms with van der Waals surface area (Å²) in [5, 5.41) is 9.16. The van der Waals surface area contributed by atoms with Crippen LogP contribution in [0.3, 0.4) is 0 Å². The topological polar surface area (TPSA) is 76.1 Å². The zero-order chi connectivity index (χ0) is 20.5. The minimum atomic E-state index is -0.920. The monoisotopic (exact) mass is 393 g/mol. The Hall–Kier alpha value is -2.31. The van der Waals surface area contributed by atoms with Gasteiger partial charge in [-0.1, -0.05) is 0 Å². The van der Waals surface area contributed by atoms with Crippen molar-refractivity contribution in [3.05, 3.63) is 29.1 Å². The minimum Gasteiger partial charge on any atom is -0.493 e. The molecule has 2 aliphatic rings. The Morgan fingerprint density at radius 1 is 1.25 bits per heavy atom. The quantitative estimate of drug-likeness (QED) is 0.749. The van der Waals surface area contributed by atoms with E-state index in [1.165, 1.54) is 11.0 Å². The van der Waals surface area contributed by atoms with E-state index in [0.717, 1.165) is 31.2 Å². The molecule has 1 aliphatic carbocycles. The Labute approximate surface area is 164 Å². The Morgan fingerprint density at radius 2 is 1.96 bits per heavy atom. The molecule has 1 heterocycles. The average Bonchev–Trinajstić information content (AvgIpc) is 3.43. The van der Waals surface area contributed by atoms with Gasteiger partial charge in [-0.05, 0) is 64.0 Å². The SMILES string of the molecule is CC(C)(C)OC(=O)c1cc(C2CC2)c(OC[C@@H]2CCCN(C(=O)O)C2)cc1F. The fourth-order valence-corrected chi connectivity index (χ4v) is 3.48. The van der Waals surface area contributed by atoms with Gasteiger partial charge in [-0.3, -0.25) is 0 Å². The molecule has 0 spiro atoms. The van der Waals surface area contributed by atoms with Crippen molar-refractivity contribution in [2.45, 2.75) is 58.0 Å². The number of likely N-dealkylation sites (tertiary alicyclic amines) is 1. The molecule has 0 radical (unpaired) electrons. The molecule has 1 saturated heterocycles. The van der Waals surface area contributed by atoms with Gasteiger partial charge < -0.3 is 19.5 Å². The molecule has 28 heavy (non-hydrogen) atoms. The standard InChI is InChI=1S/C21H28FNO5/c1-21(2,3)28-19(24)16-9-15(14-6-7-14)18(10-17(16)22)27-12-13-5-4-8-23(11-13)20(25)26/h9-10,13-14H,4-8,11-12H2,1-3H3,(H,25,26)/t13-/m1/s1. The first-order chi connectivity index (χ1) is 13.1. The van der Waals surface area contributed by atoms with Gasteiger partial charge in [-0.25, -0.2) is 14.0 Å². The molecular formula is C21H28FNO5. The van der Waals surface area contributed by atoms with E-state index in [9.17, 15) is 14.0 Å². The molecule has 2 fully saturated rings. The van der Waals surface area contributed by atoms with E-state index in [1.54, 1.807) is 26.8 Å². The molecule has 1 amide bonds. The molecule has 1 aromatic rings. The fourth-order valence-electron chi connectivity index (χ4n) is 3.48. The Bertz CT molecular complexity index is 754. The molecule has 0 unspecified atom stereocenters. The van der Waals surface area contributed by atoms with Crippen LogP contribution in [-0.4, -0.2) is 47.4 Å². The third kappa shape index (κ3) is 5.14. The largest absolute Gasteiger partial charge is 0.493 e. The van der Waals surface area contributed by atoms with Crippen LogP contribution in [0, 0.1) is 11.7 Å². The lowest BCUT2D eigenvalue weighted by Crippen LogP contribution is -2.40. The summed E-state index contributed by atoms with van der Waals surface area (Å²) >= 11 is 0. The highest BCUT2D eigenvalue weighted by molar-refractivity contribution is 5.90. The number of carbonyl (C=O) groups excluding carboxylic acids is 1. The summed E-state index contributed by atoms with van der Waals surface area (Å²) in [7, 11) is 0. The molecule has 1 aromatic carbocycles. The maximum Gasteiger partial charge on any atom is 0.407 e. The normalized spacial score (nSPS) is 20.0. The number of hydrogen-bond acceptors (Lipinski definition) is 4. The number of ether oxygens (including phenoxy) is 2. The summed E-state index contributed by atoms with van der Waals surface area (Å²) in [5.74, 6) is -0.559. The van der Waals surface area contributed by atoms with Crippen molar-refractivity contribution >= 4 is 12.1 Å². The van der Waals surface area contributed by atoms with Gasteiger partial charge in [0, 0.05) is 25.1 Å². The molecule has 6 nitrogen and oxygen atoms in total. The summed E-state index contributed by atoms with van der Waals surface area (Å²) in [6.07, 6.45) is 2.71. The van der Waals surface area contributed by atoms with Gasteiger partial charge in [0.1, 0.15) is 17.2 Å². The van der Waals surface area contributed by atoms with Gasteiger partial charge in [0.15, 0.2) is 0 Å². The first-order valence-corrected chi connectivity index (χ1v) is 9.81. The van der Waals surface area contributed by atoms with Crippen LogP contribution in [0.5, 0.6) is 5.75 Å². The van der Waals surface area contributed by atoms with Gasteiger partial charge >= 0.3 is 12.1 Å². The van der Waals surface area contributed by atoms with Crippen LogP contribution in [0.1, 0.15) is 68.3 Å². The van der Waals surface area contributed by atoms with Crippen LogP contribution >= 0.6 is 0 Å². The summed E-state index contributed by atoms with van der Waals surface area (Å²) in [6.45, 7) is 6.52. The van der Waals surface area contributed by atoms with Crippen molar-refractivity contribution in [2.75, 3.05) is 19.7 Å². The fraction of sp³-hybridized carbons (Fsp3) is 0.619. The molecule has 1 atom stereocenters. The number of nitrogens with zero attached hydrogens (tertiary/aromatic N) is 1. The average molecular weight is 393 g/mol. The van der Waals surface area contributed by atoms with Crippen LogP contribution in [0.2, 0.25) is 0 Å². The van der Waals surface area contributed by atoms with Gasteiger partial charge in [-0.15, -0.1) is 0 Å². The predicted molar refractivity (Wildman–Crippen MR) is 101 cm³/mol. The molecule has 0 aromatic heterocycles.